The van der Waals surface area contributed by atoms with Crippen molar-refractivity contribution in [2.75, 3.05) is 40.0 Å². The van der Waals surface area contributed by atoms with Crippen LogP contribution in [0.4, 0.5) is 0 Å². The zero-order valence-electron chi connectivity index (χ0n) is 18.8. The molecule has 1 heterocycles. The van der Waals surface area contributed by atoms with Gasteiger partial charge in [0.2, 0.25) is 5.91 Å². The predicted octanol–water partition coefficient (Wildman–Crippen LogP) is 4.21. The molecule has 0 unspecified atom stereocenters. The number of amides is 1. The SMILES string of the molecule is CCC(CC)[C@H](CNC(=O)[C@H](C)c1ccc2cc(OC)ccc2c1)N1CCOCC1. The zero-order valence-corrected chi connectivity index (χ0v) is 18.8. The lowest BCUT2D eigenvalue weighted by Gasteiger charge is -2.39. The highest BCUT2D eigenvalue weighted by Gasteiger charge is 2.28. The number of carbonyl (C=O) groups is 1. The van der Waals surface area contributed by atoms with Gasteiger partial charge in [-0.2, -0.15) is 0 Å². The Morgan fingerprint density at radius 3 is 2.43 bits per heavy atom. The molecule has 3 rings (SSSR count). The van der Waals surface area contributed by atoms with E-state index in [0.717, 1.165) is 61.2 Å². The third-order valence-electron chi connectivity index (χ3n) is 6.56. The summed E-state index contributed by atoms with van der Waals surface area (Å²) < 4.78 is 10.8. The summed E-state index contributed by atoms with van der Waals surface area (Å²) in [6.07, 6.45) is 2.25. The minimum atomic E-state index is -0.191. The topological polar surface area (TPSA) is 50.8 Å². The van der Waals surface area contributed by atoms with Crippen LogP contribution in [0.1, 0.15) is 45.1 Å². The van der Waals surface area contributed by atoms with Gasteiger partial charge in [-0.25, -0.2) is 0 Å². The minimum Gasteiger partial charge on any atom is -0.497 e. The molecule has 1 N–H and O–H groups in total. The number of ether oxygens (including phenoxy) is 2. The van der Waals surface area contributed by atoms with Crippen molar-refractivity contribution in [3.63, 3.8) is 0 Å². The molecule has 0 aliphatic carbocycles. The second-order valence-electron chi connectivity index (χ2n) is 8.23. The lowest BCUT2D eigenvalue weighted by Crippen LogP contribution is -2.52. The van der Waals surface area contributed by atoms with E-state index in [1.54, 1.807) is 7.11 Å². The van der Waals surface area contributed by atoms with E-state index >= 15 is 0 Å². The maximum atomic E-state index is 13.0. The Morgan fingerprint density at radius 2 is 1.77 bits per heavy atom. The van der Waals surface area contributed by atoms with Crippen LogP contribution in [-0.2, 0) is 9.53 Å². The fourth-order valence-corrected chi connectivity index (χ4v) is 4.48. The number of morpholine rings is 1. The zero-order chi connectivity index (χ0) is 21.5. The van der Waals surface area contributed by atoms with Crippen LogP contribution in [0, 0.1) is 5.92 Å². The first-order chi connectivity index (χ1) is 14.6. The first-order valence-corrected chi connectivity index (χ1v) is 11.2. The van der Waals surface area contributed by atoms with Crippen LogP contribution < -0.4 is 10.1 Å². The molecule has 164 valence electrons. The lowest BCUT2D eigenvalue weighted by atomic mass is 9.92. The van der Waals surface area contributed by atoms with Crippen LogP contribution in [0.3, 0.4) is 0 Å². The third kappa shape index (κ3) is 5.32. The molecule has 0 bridgehead atoms. The normalized spacial score (nSPS) is 17.1. The van der Waals surface area contributed by atoms with Crippen molar-refractivity contribution in [3.8, 4) is 5.75 Å². The number of nitrogens with zero attached hydrogens (tertiary/aromatic N) is 1. The van der Waals surface area contributed by atoms with E-state index in [1.807, 2.05) is 31.2 Å². The number of hydrogen-bond donors (Lipinski definition) is 1. The second-order valence-corrected chi connectivity index (χ2v) is 8.23. The molecule has 0 radical (unpaired) electrons. The van der Waals surface area contributed by atoms with E-state index in [9.17, 15) is 4.79 Å². The minimum absolute atomic E-state index is 0.0899. The van der Waals surface area contributed by atoms with Gasteiger partial charge in [0.15, 0.2) is 0 Å². The number of nitrogens with one attached hydrogen (secondary N) is 1. The largest absolute Gasteiger partial charge is 0.497 e. The fraction of sp³-hybridized carbons (Fsp3) is 0.560. The van der Waals surface area contributed by atoms with E-state index in [4.69, 9.17) is 9.47 Å². The summed E-state index contributed by atoms with van der Waals surface area (Å²) in [5, 5.41) is 5.49. The number of methoxy groups -OCH3 is 1. The van der Waals surface area contributed by atoms with Crippen molar-refractivity contribution in [2.24, 2.45) is 5.92 Å². The van der Waals surface area contributed by atoms with Gasteiger partial charge >= 0.3 is 0 Å². The van der Waals surface area contributed by atoms with Gasteiger partial charge < -0.3 is 14.8 Å². The standard InChI is InChI=1S/C25H36N2O3/c1-5-19(6-2)24(27-11-13-30-14-12-27)17-26-25(28)18(3)20-7-8-22-16-23(29-4)10-9-21(22)15-20/h7-10,15-16,18-19,24H,5-6,11-14,17H2,1-4H3,(H,26,28)/t18-,24+/m1/s1. The fourth-order valence-electron chi connectivity index (χ4n) is 4.48. The van der Waals surface area contributed by atoms with Crippen molar-refractivity contribution in [1.29, 1.82) is 0 Å². The highest BCUT2D eigenvalue weighted by Crippen LogP contribution is 2.26. The van der Waals surface area contributed by atoms with Crippen LogP contribution >= 0.6 is 0 Å². The Morgan fingerprint density at radius 1 is 1.10 bits per heavy atom. The average molecular weight is 413 g/mol. The highest BCUT2D eigenvalue weighted by atomic mass is 16.5. The number of hydrogen-bond acceptors (Lipinski definition) is 4. The molecule has 1 fully saturated rings. The molecular weight excluding hydrogens is 376 g/mol. The van der Waals surface area contributed by atoms with E-state index in [1.165, 1.54) is 0 Å². The third-order valence-corrected chi connectivity index (χ3v) is 6.56. The first-order valence-electron chi connectivity index (χ1n) is 11.2. The number of fused-ring (bicyclic) bond motifs is 1. The Bertz CT molecular complexity index is 828. The van der Waals surface area contributed by atoms with Crippen molar-refractivity contribution >= 4 is 16.7 Å². The summed E-state index contributed by atoms with van der Waals surface area (Å²) in [6.45, 7) is 10.6. The number of rotatable bonds is 9. The number of benzene rings is 2. The smallest absolute Gasteiger partial charge is 0.227 e. The predicted molar refractivity (Wildman–Crippen MR) is 122 cm³/mol. The van der Waals surface area contributed by atoms with Crippen molar-refractivity contribution < 1.29 is 14.3 Å². The Kier molecular flexibility index (Phi) is 8.11. The van der Waals surface area contributed by atoms with E-state index in [0.29, 0.717) is 18.5 Å². The lowest BCUT2D eigenvalue weighted by molar-refractivity contribution is -0.122. The van der Waals surface area contributed by atoms with Crippen molar-refractivity contribution in [2.45, 2.75) is 45.6 Å². The molecule has 1 aliphatic rings. The van der Waals surface area contributed by atoms with Gasteiger partial charge in [0, 0.05) is 25.7 Å². The molecule has 5 heteroatoms. The molecular formula is C25H36N2O3. The molecule has 30 heavy (non-hydrogen) atoms. The van der Waals surface area contributed by atoms with Crippen LogP contribution in [-0.4, -0.2) is 56.8 Å². The quantitative estimate of drug-likeness (QED) is 0.670. The summed E-state index contributed by atoms with van der Waals surface area (Å²) in [5.41, 5.74) is 1.04. The molecule has 0 saturated carbocycles. The number of carbonyl (C=O) groups excluding carboxylic acids is 1. The molecule has 1 saturated heterocycles. The molecule has 0 aromatic heterocycles. The monoisotopic (exact) mass is 412 g/mol. The summed E-state index contributed by atoms with van der Waals surface area (Å²) in [5.74, 6) is 1.32. The van der Waals surface area contributed by atoms with E-state index < -0.39 is 0 Å². The highest BCUT2D eigenvalue weighted by molar-refractivity contribution is 5.88. The second kappa shape index (κ2) is 10.8. The molecule has 2 atom stereocenters. The van der Waals surface area contributed by atoms with Crippen LogP contribution in [0.2, 0.25) is 0 Å². The first kappa shape index (κ1) is 22.6. The maximum absolute atomic E-state index is 13.0. The van der Waals surface area contributed by atoms with Crippen LogP contribution in [0.25, 0.3) is 10.8 Å². The van der Waals surface area contributed by atoms with Crippen LogP contribution in [0.5, 0.6) is 5.75 Å². The molecule has 5 nitrogen and oxygen atoms in total. The molecule has 2 aromatic carbocycles. The summed E-state index contributed by atoms with van der Waals surface area (Å²) >= 11 is 0. The van der Waals surface area contributed by atoms with Gasteiger partial charge in [-0.1, -0.05) is 51.0 Å². The molecule has 1 aliphatic heterocycles. The van der Waals surface area contributed by atoms with E-state index in [-0.39, 0.29) is 11.8 Å². The Labute approximate surface area is 180 Å². The van der Waals surface area contributed by atoms with Crippen molar-refractivity contribution in [3.05, 3.63) is 42.0 Å². The Hall–Kier alpha value is -2.11. The van der Waals surface area contributed by atoms with Gasteiger partial charge in [-0.3, -0.25) is 9.69 Å². The van der Waals surface area contributed by atoms with Crippen LogP contribution in [0.15, 0.2) is 36.4 Å². The van der Waals surface area contributed by atoms with Gasteiger partial charge in [-0.15, -0.1) is 0 Å². The maximum Gasteiger partial charge on any atom is 0.227 e. The summed E-state index contributed by atoms with van der Waals surface area (Å²) in [7, 11) is 1.67. The Balaban J connectivity index is 1.67. The summed E-state index contributed by atoms with van der Waals surface area (Å²) in [6, 6.07) is 12.6. The van der Waals surface area contributed by atoms with Gasteiger partial charge in [0.25, 0.3) is 0 Å². The average Bonchev–Trinajstić information content (AvgIpc) is 2.80. The molecule has 2 aromatic rings. The summed E-state index contributed by atoms with van der Waals surface area (Å²) in [4.78, 5) is 15.5. The molecule has 1 amide bonds. The van der Waals surface area contributed by atoms with Crippen molar-refractivity contribution in [1.82, 2.24) is 10.2 Å². The van der Waals surface area contributed by atoms with E-state index in [2.05, 4.69) is 36.2 Å². The molecule has 0 spiro atoms. The van der Waals surface area contributed by atoms with Gasteiger partial charge in [0.05, 0.1) is 26.2 Å². The van der Waals surface area contributed by atoms with Gasteiger partial charge in [0.1, 0.15) is 5.75 Å². The van der Waals surface area contributed by atoms with Gasteiger partial charge in [-0.05, 0) is 41.3 Å².